The van der Waals surface area contributed by atoms with Gasteiger partial charge in [-0.2, -0.15) is 0 Å². The van der Waals surface area contributed by atoms with Crippen LogP contribution in [0.25, 0.3) is 22.2 Å². The Bertz CT molecular complexity index is 874. The molecule has 4 heteroatoms. The Kier molecular flexibility index (Phi) is 5.06. The number of allylic oxidation sites excluding steroid dienone is 2. The molecule has 0 spiro atoms. The van der Waals surface area contributed by atoms with E-state index in [0.717, 1.165) is 40.9 Å². The fourth-order valence-electron chi connectivity index (χ4n) is 2.61. The highest BCUT2D eigenvalue weighted by Crippen LogP contribution is 2.28. The summed E-state index contributed by atoms with van der Waals surface area (Å²) in [4.78, 5) is 12.0. The fraction of sp³-hybridized carbons (Fsp3) is 0.200. The van der Waals surface area contributed by atoms with Gasteiger partial charge in [-0.3, -0.25) is 0 Å². The molecule has 0 aliphatic heterocycles. The van der Waals surface area contributed by atoms with Gasteiger partial charge in [0.1, 0.15) is 11.5 Å². The van der Waals surface area contributed by atoms with E-state index in [-0.39, 0.29) is 0 Å². The fourth-order valence-corrected chi connectivity index (χ4v) is 2.61. The summed E-state index contributed by atoms with van der Waals surface area (Å²) in [6.45, 7) is 4.96. The number of hydrogen-bond acceptors (Lipinski definition) is 3. The smallest absolute Gasteiger partial charge is 0.137 e. The first-order valence-electron chi connectivity index (χ1n) is 8.26. The van der Waals surface area contributed by atoms with Crippen molar-refractivity contribution in [2.45, 2.75) is 20.3 Å². The summed E-state index contributed by atoms with van der Waals surface area (Å²) < 4.78 is 0. The average Bonchev–Trinajstić information content (AvgIpc) is 3.06. The molecule has 0 bridgehead atoms. The Hall–Kier alpha value is -2.88. The van der Waals surface area contributed by atoms with Gasteiger partial charge < -0.3 is 10.3 Å². The van der Waals surface area contributed by atoms with E-state index in [1.54, 1.807) is 6.20 Å². The zero-order valence-electron chi connectivity index (χ0n) is 14.1. The third-order valence-electron chi connectivity index (χ3n) is 3.93. The second kappa shape index (κ2) is 7.59. The number of H-pyrrole nitrogens is 1. The highest BCUT2D eigenvalue weighted by atomic mass is 15.0. The standard InChI is InChI=1S/C20H22N4/c1-3-5-7-15(4-2)13-23-19-12-16(9-11-21-19)18-14-24-20-17(18)8-6-10-22-20/h4-12,14H,3,13H2,1-2H3,(H,21,23)(H,22,24)/b7-5-,15-4+. The number of anilines is 1. The Morgan fingerprint density at radius 2 is 2.17 bits per heavy atom. The van der Waals surface area contributed by atoms with Crippen LogP contribution in [-0.2, 0) is 0 Å². The van der Waals surface area contributed by atoms with Crippen molar-refractivity contribution < 1.29 is 0 Å². The van der Waals surface area contributed by atoms with Gasteiger partial charge in [0.2, 0.25) is 0 Å². The Morgan fingerprint density at radius 3 is 3.00 bits per heavy atom. The van der Waals surface area contributed by atoms with Crippen molar-refractivity contribution in [3.63, 3.8) is 0 Å². The highest BCUT2D eigenvalue weighted by molar-refractivity contribution is 5.93. The number of aromatic amines is 1. The molecule has 3 heterocycles. The molecule has 0 fully saturated rings. The summed E-state index contributed by atoms with van der Waals surface area (Å²) in [5.41, 5.74) is 4.42. The van der Waals surface area contributed by atoms with Gasteiger partial charge in [0.15, 0.2) is 0 Å². The van der Waals surface area contributed by atoms with Crippen molar-refractivity contribution in [3.05, 3.63) is 66.7 Å². The van der Waals surface area contributed by atoms with Crippen LogP contribution >= 0.6 is 0 Å². The summed E-state index contributed by atoms with van der Waals surface area (Å²) in [7, 11) is 0. The lowest BCUT2D eigenvalue weighted by atomic mass is 10.1. The lowest BCUT2D eigenvalue weighted by Crippen LogP contribution is -2.04. The molecular formula is C20H22N4. The van der Waals surface area contributed by atoms with Gasteiger partial charge in [0.25, 0.3) is 0 Å². The average molecular weight is 318 g/mol. The number of pyridine rings is 2. The molecule has 3 rings (SSSR count). The van der Waals surface area contributed by atoms with E-state index >= 15 is 0 Å². The van der Waals surface area contributed by atoms with Crippen molar-refractivity contribution in [1.29, 1.82) is 0 Å². The highest BCUT2D eigenvalue weighted by Gasteiger charge is 2.07. The maximum absolute atomic E-state index is 4.43. The summed E-state index contributed by atoms with van der Waals surface area (Å²) in [5.74, 6) is 0.870. The molecule has 24 heavy (non-hydrogen) atoms. The van der Waals surface area contributed by atoms with Gasteiger partial charge in [-0.25, -0.2) is 9.97 Å². The summed E-state index contributed by atoms with van der Waals surface area (Å²) in [6, 6.07) is 8.13. The molecule has 0 radical (unpaired) electrons. The molecule has 122 valence electrons. The molecule has 0 unspecified atom stereocenters. The molecule has 0 atom stereocenters. The lowest BCUT2D eigenvalue weighted by molar-refractivity contribution is 1.17. The van der Waals surface area contributed by atoms with Crippen molar-refractivity contribution >= 4 is 16.9 Å². The summed E-state index contributed by atoms with van der Waals surface area (Å²) in [5, 5.41) is 4.52. The van der Waals surface area contributed by atoms with Crippen LogP contribution in [0.1, 0.15) is 20.3 Å². The van der Waals surface area contributed by atoms with Crippen LogP contribution in [0.5, 0.6) is 0 Å². The van der Waals surface area contributed by atoms with Crippen molar-refractivity contribution in [2.24, 2.45) is 0 Å². The van der Waals surface area contributed by atoms with Crippen LogP contribution in [0, 0.1) is 0 Å². The summed E-state index contributed by atoms with van der Waals surface area (Å²) >= 11 is 0. The van der Waals surface area contributed by atoms with Crippen molar-refractivity contribution in [1.82, 2.24) is 15.0 Å². The van der Waals surface area contributed by atoms with Crippen LogP contribution in [0.2, 0.25) is 0 Å². The van der Waals surface area contributed by atoms with Crippen molar-refractivity contribution in [3.8, 4) is 11.1 Å². The molecule has 2 N–H and O–H groups in total. The number of fused-ring (bicyclic) bond motifs is 1. The largest absolute Gasteiger partial charge is 0.366 e. The van der Waals surface area contributed by atoms with Crippen LogP contribution in [-0.4, -0.2) is 21.5 Å². The summed E-state index contributed by atoms with van der Waals surface area (Å²) in [6.07, 6.45) is 13.1. The van der Waals surface area contributed by atoms with Gasteiger partial charge >= 0.3 is 0 Å². The normalized spacial score (nSPS) is 12.2. The molecule has 0 aromatic carbocycles. The first-order chi connectivity index (χ1) is 11.8. The molecular weight excluding hydrogens is 296 g/mol. The zero-order chi connectivity index (χ0) is 16.8. The zero-order valence-corrected chi connectivity index (χ0v) is 14.1. The maximum atomic E-state index is 4.43. The van der Waals surface area contributed by atoms with Crippen LogP contribution < -0.4 is 5.32 Å². The SMILES string of the molecule is C/C=C(\C=C/CC)CNc1cc(-c2c[nH]c3ncccc23)ccn1. The van der Waals surface area contributed by atoms with Gasteiger partial charge in [-0.1, -0.05) is 25.2 Å². The molecule has 0 aliphatic carbocycles. The van der Waals surface area contributed by atoms with E-state index in [9.17, 15) is 0 Å². The van der Waals surface area contributed by atoms with E-state index in [4.69, 9.17) is 0 Å². The Morgan fingerprint density at radius 1 is 1.25 bits per heavy atom. The minimum absolute atomic E-state index is 0.763. The van der Waals surface area contributed by atoms with Gasteiger partial charge in [0, 0.05) is 36.1 Å². The monoisotopic (exact) mass is 318 g/mol. The topological polar surface area (TPSA) is 53.6 Å². The molecule has 3 aromatic rings. The minimum Gasteiger partial charge on any atom is -0.366 e. The van der Waals surface area contributed by atoms with Gasteiger partial charge in [0.05, 0.1) is 0 Å². The van der Waals surface area contributed by atoms with E-state index in [2.05, 4.69) is 64.5 Å². The van der Waals surface area contributed by atoms with Crippen LogP contribution in [0.3, 0.4) is 0 Å². The third kappa shape index (κ3) is 3.54. The first kappa shape index (κ1) is 16.0. The predicted octanol–water partition coefficient (Wildman–Crippen LogP) is 4.95. The molecule has 0 saturated carbocycles. The molecule has 0 amide bonds. The lowest BCUT2D eigenvalue weighted by Gasteiger charge is -2.08. The molecule has 0 saturated heterocycles. The molecule has 4 nitrogen and oxygen atoms in total. The van der Waals surface area contributed by atoms with Crippen LogP contribution in [0.4, 0.5) is 5.82 Å². The third-order valence-corrected chi connectivity index (χ3v) is 3.93. The first-order valence-corrected chi connectivity index (χ1v) is 8.26. The molecule has 0 aliphatic rings. The van der Waals surface area contributed by atoms with Crippen LogP contribution in [0.15, 0.2) is 66.7 Å². The second-order valence-corrected chi connectivity index (χ2v) is 5.56. The number of nitrogens with zero attached hydrogens (tertiary/aromatic N) is 2. The van der Waals surface area contributed by atoms with Gasteiger partial charge in [-0.15, -0.1) is 0 Å². The Labute approximate surface area is 142 Å². The quantitative estimate of drug-likeness (QED) is 0.632. The number of aromatic nitrogens is 3. The molecule has 3 aromatic heterocycles. The second-order valence-electron chi connectivity index (χ2n) is 5.56. The van der Waals surface area contributed by atoms with E-state index < -0.39 is 0 Å². The van der Waals surface area contributed by atoms with E-state index in [0.29, 0.717) is 0 Å². The van der Waals surface area contributed by atoms with Gasteiger partial charge in [-0.05, 0) is 48.7 Å². The maximum Gasteiger partial charge on any atom is 0.137 e. The Balaban J connectivity index is 1.81. The van der Waals surface area contributed by atoms with Crippen molar-refractivity contribution in [2.75, 3.05) is 11.9 Å². The predicted molar refractivity (Wildman–Crippen MR) is 101 cm³/mol. The van der Waals surface area contributed by atoms with E-state index in [1.807, 2.05) is 24.5 Å². The number of nitrogens with one attached hydrogen (secondary N) is 2. The number of rotatable bonds is 6. The number of hydrogen-bond donors (Lipinski definition) is 2. The minimum atomic E-state index is 0.763. The van der Waals surface area contributed by atoms with E-state index in [1.165, 1.54) is 5.57 Å².